The van der Waals surface area contributed by atoms with Crippen molar-refractivity contribution in [1.82, 2.24) is 4.90 Å². The van der Waals surface area contributed by atoms with Crippen molar-refractivity contribution in [3.63, 3.8) is 0 Å². The van der Waals surface area contributed by atoms with Crippen molar-refractivity contribution in [2.24, 2.45) is 0 Å². The van der Waals surface area contributed by atoms with Gasteiger partial charge in [-0.1, -0.05) is 0 Å². The second-order valence-corrected chi connectivity index (χ2v) is 4.04. The van der Waals surface area contributed by atoms with E-state index >= 15 is 0 Å². The summed E-state index contributed by atoms with van der Waals surface area (Å²) < 4.78 is 5.30. The zero-order valence-electron chi connectivity index (χ0n) is 9.35. The van der Waals surface area contributed by atoms with Crippen molar-refractivity contribution in [3.8, 4) is 0 Å². The van der Waals surface area contributed by atoms with Crippen LogP contribution >= 0.6 is 0 Å². The molecule has 1 saturated heterocycles. The van der Waals surface area contributed by atoms with E-state index in [1.165, 1.54) is 0 Å². The zero-order chi connectivity index (χ0) is 11.5. The number of carbonyl (C=O) groups is 1. The summed E-state index contributed by atoms with van der Waals surface area (Å²) in [5, 5.41) is 0. The van der Waals surface area contributed by atoms with Gasteiger partial charge in [0, 0.05) is 17.8 Å². The van der Waals surface area contributed by atoms with Crippen LogP contribution in [0, 0.1) is 0 Å². The Hall–Kier alpha value is -1.55. The van der Waals surface area contributed by atoms with Gasteiger partial charge in [0.15, 0.2) is 0 Å². The number of rotatable bonds is 1. The largest absolute Gasteiger partial charge is 0.399 e. The lowest BCUT2D eigenvalue weighted by Gasteiger charge is -2.33. The maximum atomic E-state index is 12.2. The van der Waals surface area contributed by atoms with Crippen molar-refractivity contribution in [2.45, 2.75) is 13.0 Å². The van der Waals surface area contributed by atoms with E-state index in [1.807, 2.05) is 11.8 Å². The van der Waals surface area contributed by atoms with E-state index in [0.717, 1.165) is 0 Å². The third-order valence-electron chi connectivity index (χ3n) is 2.79. The first-order valence-corrected chi connectivity index (χ1v) is 5.43. The Kier molecular flexibility index (Phi) is 3.10. The Labute approximate surface area is 95.0 Å². The van der Waals surface area contributed by atoms with Gasteiger partial charge >= 0.3 is 0 Å². The Bertz CT molecular complexity index is 375. The number of amides is 1. The number of hydrogen-bond donors (Lipinski definition) is 1. The molecule has 1 aliphatic rings. The summed E-state index contributed by atoms with van der Waals surface area (Å²) in [6, 6.07) is 7.16. The minimum atomic E-state index is 0.0517. The van der Waals surface area contributed by atoms with E-state index in [-0.39, 0.29) is 11.9 Å². The Morgan fingerprint density at radius 2 is 2.12 bits per heavy atom. The second kappa shape index (κ2) is 4.53. The number of nitrogen functional groups attached to an aromatic ring is 1. The number of benzene rings is 1. The maximum Gasteiger partial charge on any atom is 0.254 e. The van der Waals surface area contributed by atoms with E-state index in [9.17, 15) is 4.79 Å². The molecule has 0 unspecified atom stereocenters. The highest BCUT2D eigenvalue weighted by molar-refractivity contribution is 5.94. The molecule has 0 radical (unpaired) electrons. The quantitative estimate of drug-likeness (QED) is 0.722. The Morgan fingerprint density at radius 1 is 1.44 bits per heavy atom. The van der Waals surface area contributed by atoms with E-state index in [2.05, 4.69) is 0 Å². The number of carbonyl (C=O) groups excluding carboxylic acids is 1. The van der Waals surface area contributed by atoms with Crippen LogP contribution in [0.3, 0.4) is 0 Å². The SMILES string of the molecule is C[C@@H]1COCCN1C(=O)c1ccc(N)cc1. The van der Waals surface area contributed by atoms with Gasteiger partial charge in [0.2, 0.25) is 0 Å². The van der Waals surface area contributed by atoms with Crippen LogP contribution in [-0.4, -0.2) is 36.6 Å². The number of ether oxygens (including phenoxy) is 1. The van der Waals surface area contributed by atoms with Gasteiger partial charge in [-0.25, -0.2) is 0 Å². The zero-order valence-corrected chi connectivity index (χ0v) is 9.35. The molecule has 1 aromatic rings. The second-order valence-electron chi connectivity index (χ2n) is 4.04. The molecule has 2 rings (SSSR count). The smallest absolute Gasteiger partial charge is 0.254 e. The molecule has 0 aliphatic carbocycles. The van der Waals surface area contributed by atoms with Crippen LogP contribution in [0.5, 0.6) is 0 Å². The lowest BCUT2D eigenvalue weighted by atomic mass is 10.1. The molecule has 0 saturated carbocycles. The van der Waals surface area contributed by atoms with Crippen LogP contribution in [0.2, 0.25) is 0 Å². The summed E-state index contributed by atoms with van der Waals surface area (Å²) in [5.41, 5.74) is 6.94. The molecule has 16 heavy (non-hydrogen) atoms. The van der Waals surface area contributed by atoms with Gasteiger partial charge in [-0.05, 0) is 31.2 Å². The molecule has 1 fully saturated rings. The maximum absolute atomic E-state index is 12.2. The molecule has 0 aromatic heterocycles. The monoisotopic (exact) mass is 220 g/mol. The number of nitrogens with zero attached hydrogens (tertiary/aromatic N) is 1. The Balaban J connectivity index is 2.14. The third kappa shape index (κ3) is 2.17. The molecule has 1 amide bonds. The van der Waals surface area contributed by atoms with Crippen molar-refractivity contribution < 1.29 is 9.53 Å². The predicted molar refractivity (Wildman–Crippen MR) is 62.2 cm³/mol. The van der Waals surface area contributed by atoms with Gasteiger partial charge in [0.25, 0.3) is 5.91 Å². The van der Waals surface area contributed by atoms with Crippen molar-refractivity contribution in [3.05, 3.63) is 29.8 Å². The van der Waals surface area contributed by atoms with Gasteiger partial charge < -0.3 is 15.4 Å². The van der Waals surface area contributed by atoms with Gasteiger partial charge in [0.05, 0.1) is 19.3 Å². The molecular weight excluding hydrogens is 204 g/mol. The van der Waals surface area contributed by atoms with Gasteiger partial charge in [-0.3, -0.25) is 4.79 Å². The summed E-state index contributed by atoms with van der Waals surface area (Å²) in [6.07, 6.45) is 0. The lowest BCUT2D eigenvalue weighted by molar-refractivity contribution is 0.00360. The van der Waals surface area contributed by atoms with Crippen LogP contribution in [0.15, 0.2) is 24.3 Å². The number of morpholine rings is 1. The average Bonchev–Trinajstić information content (AvgIpc) is 2.30. The predicted octanol–water partition coefficient (Wildman–Crippen LogP) is 1.13. The molecule has 1 heterocycles. The highest BCUT2D eigenvalue weighted by Crippen LogP contribution is 2.13. The first-order chi connectivity index (χ1) is 7.68. The van der Waals surface area contributed by atoms with E-state index in [0.29, 0.717) is 31.0 Å². The lowest BCUT2D eigenvalue weighted by Crippen LogP contribution is -2.47. The first kappa shape index (κ1) is 11.0. The van der Waals surface area contributed by atoms with Crippen LogP contribution < -0.4 is 5.73 Å². The summed E-state index contributed by atoms with van der Waals surface area (Å²) in [6.45, 7) is 3.88. The molecule has 1 atom stereocenters. The standard InChI is InChI=1S/C12H16N2O2/c1-9-8-16-7-6-14(9)12(15)10-2-4-11(13)5-3-10/h2-5,9H,6-8,13H2,1H3/t9-/m1/s1. The molecule has 0 spiro atoms. The molecule has 4 nitrogen and oxygen atoms in total. The first-order valence-electron chi connectivity index (χ1n) is 5.43. The fourth-order valence-corrected chi connectivity index (χ4v) is 1.82. The van der Waals surface area contributed by atoms with Crippen molar-refractivity contribution in [2.75, 3.05) is 25.5 Å². The van der Waals surface area contributed by atoms with E-state index in [1.54, 1.807) is 24.3 Å². The van der Waals surface area contributed by atoms with Gasteiger partial charge in [0.1, 0.15) is 0 Å². The van der Waals surface area contributed by atoms with Crippen LogP contribution in [-0.2, 0) is 4.74 Å². The molecule has 4 heteroatoms. The summed E-state index contributed by atoms with van der Waals surface area (Å²) >= 11 is 0. The van der Waals surface area contributed by atoms with Crippen LogP contribution in [0.1, 0.15) is 17.3 Å². The highest BCUT2D eigenvalue weighted by atomic mass is 16.5. The third-order valence-corrected chi connectivity index (χ3v) is 2.79. The van der Waals surface area contributed by atoms with Crippen LogP contribution in [0.4, 0.5) is 5.69 Å². The normalized spacial score (nSPS) is 20.8. The number of anilines is 1. The highest BCUT2D eigenvalue weighted by Gasteiger charge is 2.24. The molecule has 1 aliphatic heterocycles. The van der Waals surface area contributed by atoms with Crippen molar-refractivity contribution >= 4 is 11.6 Å². The van der Waals surface area contributed by atoms with E-state index in [4.69, 9.17) is 10.5 Å². The topological polar surface area (TPSA) is 55.6 Å². The number of hydrogen-bond acceptors (Lipinski definition) is 3. The molecular formula is C12H16N2O2. The average molecular weight is 220 g/mol. The summed E-state index contributed by atoms with van der Waals surface area (Å²) in [4.78, 5) is 14.0. The molecule has 1 aromatic carbocycles. The van der Waals surface area contributed by atoms with Gasteiger partial charge in [-0.15, -0.1) is 0 Å². The summed E-state index contributed by atoms with van der Waals surface area (Å²) in [7, 11) is 0. The summed E-state index contributed by atoms with van der Waals surface area (Å²) in [5.74, 6) is 0.0517. The minimum Gasteiger partial charge on any atom is -0.399 e. The van der Waals surface area contributed by atoms with Gasteiger partial charge in [-0.2, -0.15) is 0 Å². The fourth-order valence-electron chi connectivity index (χ4n) is 1.82. The fraction of sp³-hybridized carbons (Fsp3) is 0.417. The molecule has 86 valence electrons. The Morgan fingerprint density at radius 3 is 2.75 bits per heavy atom. The van der Waals surface area contributed by atoms with Crippen LogP contribution in [0.25, 0.3) is 0 Å². The van der Waals surface area contributed by atoms with Crippen molar-refractivity contribution in [1.29, 1.82) is 0 Å². The molecule has 2 N–H and O–H groups in total. The molecule has 0 bridgehead atoms. The van der Waals surface area contributed by atoms with E-state index < -0.39 is 0 Å². The minimum absolute atomic E-state index is 0.0517. The number of nitrogens with two attached hydrogens (primary N) is 1.